The Balaban J connectivity index is 1.81. The third-order valence-electron chi connectivity index (χ3n) is 3.37. The first-order chi connectivity index (χ1) is 12.3. The van der Waals surface area contributed by atoms with Gasteiger partial charge in [-0.1, -0.05) is 34.8 Å². The Hall–Kier alpha value is -2.06. The second kappa shape index (κ2) is 7.28. The number of imidazole rings is 1. The highest BCUT2D eigenvalue weighted by Crippen LogP contribution is 2.24. The van der Waals surface area contributed by atoms with Crippen LogP contribution in [0.2, 0.25) is 15.1 Å². The van der Waals surface area contributed by atoms with Crippen molar-refractivity contribution in [2.75, 3.05) is 0 Å². The highest BCUT2D eigenvalue weighted by molar-refractivity contribution is 7.90. The zero-order valence-electron chi connectivity index (χ0n) is 12.9. The number of halogens is 3. The summed E-state index contributed by atoms with van der Waals surface area (Å²) in [5, 5.41) is 1.12. The zero-order valence-corrected chi connectivity index (χ0v) is 15.9. The molecule has 10 heteroatoms. The summed E-state index contributed by atoms with van der Waals surface area (Å²) in [4.78, 5) is 16.1. The van der Waals surface area contributed by atoms with Crippen molar-refractivity contribution in [3.8, 4) is 5.69 Å². The Morgan fingerprint density at radius 1 is 1.00 bits per heavy atom. The van der Waals surface area contributed by atoms with Gasteiger partial charge in [0.25, 0.3) is 15.9 Å². The fraction of sp³-hybridized carbons (Fsp3) is 0. The maximum Gasteiger partial charge on any atom is 0.285 e. The van der Waals surface area contributed by atoms with Crippen molar-refractivity contribution >= 4 is 50.7 Å². The van der Waals surface area contributed by atoms with Gasteiger partial charge in [-0.15, -0.1) is 0 Å². The van der Waals surface area contributed by atoms with Crippen LogP contribution in [0.25, 0.3) is 5.69 Å². The van der Waals surface area contributed by atoms with Gasteiger partial charge in [0.2, 0.25) is 0 Å². The molecule has 2 aromatic carbocycles. The van der Waals surface area contributed by atoms with E-state index in [9.17, 15) is 13.2 Å². The number of carbonyl (C=O) groups excluding carboxylic acids is 1. The minimum Gasteiger partial charge on any atom is -0.305 e. The van der Waals surface area contributed by atoms with E-state index in [4.69, 9.17) is 34.8 Å². The SMILES string of the molecule is O=C(NS(=O)(=O)c1ccc(Cl)cc1)c1cn(-c2ccc(Cl)c(Cl)c2)cn1. The van der Waals surface area contributed by atoms with Crippen molar-refractivity contribution in [3.63, 3.8) is 0 Å². The van der Waals surface area contributed by atoms with Crippen LogP contribution in [0.5, 0.6) is 0 Å². The Kier molecular flexibility index (Phi) is 5.24. The van der Waals surface area contributed by atoms with E-state index in [0.29, 0.717) is 20.8 Å². The number of nitrogens with zero attached hydrogens (tertiary/aromatic N) is 2. The van der Waals surface area contributed by atoms with Crippen LogP contribution in [-0.2, 0) is 10.0 Å². The molecule has 0 atom stereocenters. The number of rotatable bonds is 4. The van der Waals surface area contributed by atoms with E-state index in [1.807, 2.05) is 4.72 Å². The maximum atomic E-state index is 12.2. The molecule has 1 N–H and O–H groups in total. The van der Waals surface area contributed by atoms with Crippen molar-refractivity contribution in [3.05, 3.63) is 75.8 Å². The van der Waals surface area contributed by atoms with Crippen LogP contribution in [0, 0.1) is 0 Å². The molecule has 0 radical (unpaired) electrons. The Bertz CT molecular complexity index is 1080. The Morgan fingerprint density at radius 3 is 2.35 bits per heavy atom. The number of amides is 1. The molecule has 134 valence electrons. The molecule has 0 saturated heterocycles. The van der Waals surface area contributed by atoms with E-state index < -0.39 is 15.9 Å². The molecule has 0 spiro atoms. The number of hydrogen-bond donors (Lipinski definition) is 1. The summed E-state index contributed by atoms with van der Waals surface area (Å²) in [7, 11) is -4.04. The fourth-order valence-corrected chi connectivity index (χ4v) is 3.45. The lowest BCUT2D eigenvalue weighted by atomic mass is 10.3. The van der Waals surface area contributed by atoms with Crippen molar-refractivity contribution in [1.29, 1.82) is 0 Å². The molecule has 3 rings (SSSR count). The van der Waals surface area contributed by atoms with Gasteiger partial charge in [-0.05, 0) is 42.5 Å². The predicted octanol–water partition coefficient (Wildman–Crippen LogP) is 3.95. The van der Waals surface area contributed by atoms with Crippen LogP contribution in [0.1, 0.15) is 10.5 Å². The lowest BCUT2D eigenvalue weighted by Gasteiger charge is -2.05. The van der Waals surface area contributed by atoms with Gasteiger partial charge in [0.15, 0.2) is 0 Å². The number of aromatic nitrogens is 2. The first kappa shape index (κ1) is 18.7. The lowest BCUT2D eigenvalue weighted by molar-refractivity contribution is 0.0977. The molecule has 0 unspecified atom stereocenters. The third kappa shape index (κ3) is 4.02. The average molecular weight is 431 g/mol. The summed E-state index contributed by atoms with van der Waals surface area (Å²) < 4.78 is 28.0. The van der Waals surface area contributed by atoms with Crippen molar-refractivity contribution in [2.45, 2.75) is 4.90 Å². The number of sulfonamides is 1. The standard InChI is InChI=1S/C16H10Cl3N3O3S/c17-10-1-4-12(5-2-10)26(24,25)21-16(23)15-8-22(9-20-15)11-3-6-13(18)14(19)7-11/h1-9H,(H,21,23). The summed E-state index contributed by atoms with van der Waals surface area (Å²) in [5.41, 5.74) is 0.542. The molecule has 1 amide bonds. The van der Waals surface area contributed by atoms with Gasteiger partial charge in [-0.3, -0.25) is 4.79 Å². The first-order valence-corrected chi connectivity index (χ1v) is 9.70. The van der Waals surface area contributed by atoms with Crippen LogP contribution in [0.3, 0.4) is 0 Å². The van der Waals surface area contributed by atoms with E-state index in [-0.39, 0.29) is 10.6 Å². The van der Waals surface area contributed by atoms with Gasteiger partial charge >= 0.3 is 0 Å². The number of nitrogens with one attached hydrogen (secondary N) is 1. The average Bonchev–Trinajstić information content (AvgIpc) is 3.07. The summed E-state index contributed by atoms with van der Waals surface area (Å²) in [5.74, 6) is -0.862. The summed E-state index contributed by atoms with van der Waals surface area (Å²) in [6.07, 6.45) is 2.75. The molecule has 1 heterocycles. The molecule has 0 aliphatic heterocycles. The van der Waals surface area contributed by atoms with Crippen LogP contribution >= 0.6 is 34.8 Å². The molecule has 1 aromatic heterocycles. The summed E-state index contributed by atoms with van der Waals surface area (Å²) in [6.45, 7) is 0. The molecule has 0 aliphatic carbocycles. The second-order valence-corrected chi connectivity index (χ2v) is 8.09. The van der Waals surface area contributed by atoms with Crippen molar-refractivity contribution in [2.24, 2.45) is 0 Å². The Labute approximate surface area is 164 Å². The van der Waals surface area contributed by atoms with Crippen LogP contribution in [0.15, 0.2) is 59.9 Å². The largest absolute Gasteiger partial charge is 0.305 e. The summed E-state index contributed by atoms with van der Waals surface area (Å²) in [6, 6.07) is 10.3. The normalized spacial score (nSPS) is 11.3. The van der Waals surface area contributed by atoms with Gasteiger partial charge in [-0.2, -0.15) is 0 Å². The fourth-order valence-electron chi connectivity index (χ4n) is 2.07. The second-order valence-electron chi connectivity index (χ2n) is 5.15. The number of hydrogen-bond acceptors (Lipinski definition) is 4. The smallest absolute Gasteiger partial charge is 0.285 e. The molecule has 3 aromatic rings. The minimum atomic E-state index is -4.04. The van der Waals surface area contributed by atoms with Gasteiger partial charge in [0.05, 0.1) is 14.9 Å². The van der Waals surface area contributed by atoms with Gasteiger partial charge in [-0.25, -0.2) is 18.1 Å². The maximum absolute atomic E-state index is 12.2. The number of carbonyl (C=O) groups is 1. The molecule has 0 saturated carbocycles. The van der Waals surface area contributed by atoms with Gasteiger partial charge in [0.1, 0.15) is 12.0 Å². The topological polar surface area (TPSA) is 81.1 Å². The monoisotopic (exact) mass is 429 g/mol. The predicted molar refractivity (Wildman–Crippen MR) is 99.7 cm³/mol. The van der Waals surface area contributed by atoms with Crippen molar-refractivity contribution in [1.82, 2.24) is 14.3 Å². The lowest BCUT2D eigenvalue weighted by Crippen LogP contribution is -2.30. The highest BCUT2D eigenvalue weighted by Gasteiger charge is 2.20. The zero-order chi connectivity index (χ0) is 18.9. The van der Waals surface area contributed by atoms with E-state index in [1.54, 1.807) is 18.2 Å². The van der Waals surface area contributed by atoms with E-state index in [1.165, 1.54) is 41.4 Å². The van der Waals surface area contributed by atoms with E-state index in [0.717, 1.165) is 0 Å². The molecule has 0 fully saturated rings. The molecule has 6 nitrogen and oxygen atoms in total. The van der Waals surface area contributed by atoms with Crippen molar-refractivity contribution < 1.29 is 13.2 Å². The minimum absolute atomic E-state index is 0.0754. The van der Waals surface area contributed by atoms with Gasteiger partial charge < -0.3 is 4.57 Å². The van der Waals surface area contributed by atoms with Crippen LogP contribution in [-0.4, -0.2) is 23.9 Å². The summed E-state index contributed by atoms with van der Waals surface area (Å²) >= 11 is 17.6. The highest BCUT2D eigenvalue weighted by atomic mass is 35.5. The quantitative estimate of drug-likeness (QED) is 0.679. The molecular formula is C16H10Cl3N3O3S. The van der Waals surface area contributed by atoms with E-state index in [2.05, 4.69) is 4.98 Å². The molecule has 26 heavy (non-hydrogen) atoms. The van der Waals surface area contributed by atoms with Crippen LogP contribution in [0.4, 0.5) is 0 Å². The number of benzene rings is 2. The Morgan fingerprint density at radius 2 is 1.69 bits per heavy atom. The third-order valence-corrected chi connectivity index (χ3v) is 5.71. The molecular weight excluding hydrogens is 421 g/mol. The molecule has 0 aliphatic rings. The molecule has 0 bridgehead atoms. The first-order valence-electron chi connectivity index (χ1n) is 7.08. The van der Waals surface area contributed by atoms with Crippen LogP contribution < -0.4 is 4.72 Å². The van der Waals surface area contributed by atoms with E-state index >= 15 is 0 Å². The van der Waals surface area contributed by atoms with Gasteiger partial charge in [0, 0.05) is 16.9 Å².